The Morgan fingerprint density at radius 2 is 1.64 bits per heavy atom. The molecule has 2 heterocycles. The lowest BCUT2D eigenvalue weighted by Gasteiger charge is -2.17. The summed E-state index contributed by atoms with van der Waals surface area (Å²) < 4.78 is 27.8. The maximum Gasteiger partial charge on any atom is 0.273 e. The Bertz CT molecular complexity index is 1290. The second-order valence-electron chi connectivity index (χ2n) is 7.90. The van der Waals surface area contributed by atoms with E-state index in [4.69, 9.17) is 0 Å². The summed E-state index contributed by atoms with van der Waals surface area (Å²) in [5, 5.41) is 14.3. The van der Waals surface area contributed by atoms with E-state index < -0.39 is 14.9 Å². The Balaban J connectivity index is 1.49. The first-order valence-corrected chi connectivity index (χ1v) is 12.0. The van der Waals surface area contributed by atoms with E-state index in [1.54, 1.807) is 31.2 Å². The van der Waals surface area contributed by atoms with Crippen LogP contribution < -0.4 is 14.9 Å². The van der Waals surface area contributed by atoms with Crippen LogP contribution in [0.3, 0.4) is 0 Å². The van der Waals surface area contributed by atoms with Crippen molar-refractivity contribution in [3.8, 4) is 0 Å². The van der Waals surface area contributed by atoms with Crippen molar-refractivity contribution in [3.63, 3.8) is 0 Å². The van der Waals surface area contributed by atoms with E-state index in [0.29, 0.717) is 22.9 Å². The molecular formula is C22H24N6O4S. The summed E-state index contributed by atoms with van der Waals surface area (Å²) in [4.78, 5) is 21.6. The van der Waals surface area contributed by atoms with E-state index in [1.165, 1.54) is 12.1 Å². The van der Waals surface area contributed by atoms with Gasteiger partial charge in [-0.25, -0.2) is 13.4 Å². The number of nitro groups is 1. The number of sulfonamides is 1. The highest BCUT2D eigenvalue weighted by atomic mass is 32.2. The highest BCUT2D eigenvalue weighted by molar-refractivity contribution is 7.92. The topological polar surface area (TPSA) is 130 Å². The van der Waals surface area contributed by atoms with Crippen LogP contribution in [0.1, 0.15) is 24.1 Å². The van der Waals surface area contributed by atoms with Gasteiger partial charge in [0.2, 0.25) is 5.95 Å². The standard InChI is InChI=1S/C22H24N6O4S/c1-15-5-10-19(14-20(15)28(29)30)33(31,32)26-18-8-6-17(7-9-18)24-22-23-16(2)13-21(25-22)27-11-3-4-12-27/h5-10,13-14,26H,3-4,11-12H2,1-2H3,(H,23,24,25). The second-order valence-corrected chi connectivity index (χ2v) is 9.58. The number of hydrogen-bond donors (Lipinski definition) is 2. The van der Waals surface area contributed by atoms with E-state index in [9.17, 15) is 18.5 Å². The predicted molar refractivity (Wildman–Crippen MR) is 127 cm³/mol. The molecule has 0 bridgehead atoms. The Labute approximate surface area is 191 Å². The van der Waals surface area contributed by atoms with Crippen LogP contribution in [0.2, 0.25) is 0 Å². The molecule has 0 unspecified atom stereocenters. The van der Waals surface area contributed by atoms with Gasteiger partial charge in [0.25, 0.3) is 15.7 Å². The van der Waals surface area contributed by atoms with Crippen molar-refractivity contribution >= 4 is 38.9 Å². The number of benzene rings is 2. The smallest absolute Gasteiger partial charge is 0.273 e. The Morgan fingerprint density at radius 1 is 0.970 bits per heavy atom. The largest absolute Gasteiger partial charge is 0.356 e. The summed E-state index contributed by atoms with van der Waals surface area (Å²) in [6.45, 7) is 5.43. The van der Waals surface area contributed by atoms with E-state index in [-0.39, 0.29) is 10.6 Å². The molecular weight excluding hydrogens is 444 g/mol. The highest BCUT2D eigenvalue weighted by Crippen LogP contribution is 2.26. The van der Waals surface area contributed by atoms with Crippen molar-refractivity contribution in [2.75, 3.05) is 28.0 Å². The fraction of sp³-hybridized carbons (Fsp3) is 0.273. The Kier molecular flexibility index (Phi) is 6.14. The first kappa shape index (κ1) is 22.5. The molecule has 0 saturated carbocycles. The molecule has 11 heteroatoms. The predicted octanol–water partition coefficient (Wildman–Crippen LogP) is 4.15. The molecule has 1 fully saturated rings. The number of anilines is 4. The van der Waals surface area contributed by atoms with Crippen LogP contribution in [0.5, 0.6) is 0 Å². The molecule has 0 amide bonds. The molecule has 2 aromatic carbocycles. The van der Waals surface area contributed by atoms with Crippen LogP contribution in [0, 0.1) is 24.0 Å². The zero-order valence-corrected chi connectivity index (χ0v) is 19.1. The molecule has 3 aromatic rings. The average Bonchev–Trinajstić information content (AvgIpc) is 3.29. The van der Waals surface area contributed by atoms with Crippen molar-refractivity contribution in [2.45, 2.75) is 31.6 Å². The van der Waals surface area contributed by atoms with Gasteiger partial charge in [0, 0.05) is 47.9 Å². The minimum absolute atomic E-state index is 0.176. The SMILES string of the molecule is Cc1cc(N2CCCC2)nc(Nc2ccc(NS(=O)(=O)c3ccc(C)c([N+](=O)[O-])c3)cc2)n1. The minimum atomic E-state index is -3.98. The maximum absolute atomic E-state index is 12.7. The number of aryl methyl sites for hydroxylation is 2. The molecule has 0 aliphatic carbocycles. The molecule has 1 aromatic heterocycles. The van der Waals surface area contributed by atoms with Crippen molar-refractivity contribution in [1.82, 2.24) is 9.97 Å². The van der Waals surface area contributed by atoms with Crippen LogP contribution in [0.25, 0.3) is 0 Å². The third-order valence-corrected chi connectivity index (χ3v) is 6.73. The van der Waals surface area contributed by atoms with Gasteiger partial charge in [0.05, 0.1) is 9.82 Å². The fourth-order valence-corrected chi connectivity index (χ4v) is 4.71. The summed E-state index contributed by atoms with van der Waals surface area (Å²) in [7, 11) is -3.98. The van der Waals surface area contributed by atoms with Crippen molar-refractivity contribution in [1.29, 1.82) is 0 Å². The van der Waals surface area contributed by atoms with Crippen LogP contribution in [0.4, 0.5) is 28.8 Å². The molecule has 1 aliphatic heterocycles. The number of hydrogen-bond acceptors (Lipinski definition) is 8. The number of aromatic nitrogens is 2. The molecule has 172 valence electrons. The number of nitro benzene ring substituents is 1. The fourth-order valence-electron chi connectivity index (χ4n) is 3.63. The van der Waals surface area contributed by atoms with E-state index in [0.717, 1.165) is 43.5 Å². The first-order valence-electron chi connectivity index (χ1n) is 10.5. The number of nitrogens with zero attached hydrogens (tertiary/aromatic N) is 4. The summed E-state index contributed by atoms with van der Waals surface area (Å²) in [6.07, 6.45) is 2.30. The quantitative estimate of drug-likeness (QED) is 0.391. The van der Waals surface area contributed by atoms with Crippen molar-refractivity contribution in [3.05, 3.63) is 69.9 Å². The zero-order chi connectivity index (χ0) is 23.6. The molecule has 2 N–H and O–H groups in total. The number of nitrogens with one attached hydrogen (secondary N) is 2. The van der Waals surface area contributed by atoms with E-state index in [2.05, 4.69) is 24.9 Å². The van der Waals surface area contributed by atoms with Gasteiger partial charge in [0.1, 0.15) is 5.82 Å². The average molecular weight is 469 g/mol. The van der Waals surface area contributed by atoms with Gasteiger partial charge in [-0.3, -0.25) is 14.8 Å². The van der Waals surface area contributed by atoms with Crippen molar-refractivity contribution < 1.29 is 13.3 Å². The van der Waals surface area contributed by atoms with E-state index >= 15 is 0 Å². The summed E-state index contributed by atoms with van der Waals surface area (Å²) >= 11 is 0. The lowest BCUT2D eigenvalue weighted by Crippen LogP contribution is -2.19. The third kappa shape index (κ3) is 5.20. The first-order chi connectivity index (χ1) is 15.7. The summed E-state index contributed by atoms with van der Waals surface area (Å²) in [6, 6.07) is 12.4. The van der Waals surface area contributed by atoms with Gasteiger partial charge < -0.3 is 10.2 Å². The Morgan fingerprint density at radius 3 is 2.30 bits per heavy atom. The molecule has 4 rings (SSSR count). The number of rotatable bonds is 7. The van der Waals surface area contributed by atoms with Gasteiger partial charge in [-0.2, -0.15) is 4.98 Å². The van der Waals surface area contributed by atoms with Crippen LogP contribution in [0.15, 0.2) is 53.4 Å². The maximum atomic E-state index is 12.7. The lowest BCUT2D eigenvalue weighted by molar-refractivity contribution is -0.385. The molecule has 33 heavy (non-hydrogen) atoms. The minimum Gasteiger partial charge on any atom is -0.356 e. The van der Waals surface area contributed by atoms with E-state index in [1.807, 2.05) is 13.0 Å². The molecule has 10 nitrogen and oxygen atoms in total. The Hall–Kier alpha value is -3.73. The highest BCUT2D eigenvalue weighted by Gasteiger charge is 2.20. The monoisotopic (exact) mass is 468 g/mol. The van der Waals surface area contributed by atoms with Gasteiger partial charge in [-0.05, 0) is 57.0 Å². The van der Waals surface area contributed by atoms with Crippen LogP contribution in [-0.2, 0) is 10.0 Å². The third-order valence-electron chi connectivity index (χ3n) is 5.35. The second kappa shape index (κ2) is 9.02. The van der Waals surface area contributed by atoms with Crippen LogP contribution >= 0.6 is 0 Å². The van der Waals surface area contributed by atoms with Gasteiger partial charge in [0.15, 0.2) is 0 Å². The molecule has 1 saturated heterocycles. The lowest BCUT2D eigenvalue weighted by atomic mass is 10.2. The van der Waals surface area contributed by atoms with Gasteiger partial charge in [-0.15, -0.1) is 0 Å². The normalized spacial score (nSPS) is 13.7. The van der Waals surface area contributed by atoms with Crippen LogP contribution in [-0.4, -0.2) is 36.4 Å². The van der Waals surface area contributed by atoms with Gasteiger partial charge in [-0.1, -0.05) is 6.07 Å². The van der Waals surface area contributed by atoms with Gasteiger partial charge >= 0.3 is 0 Å². The zero-order valence-electron chi connectivity index (χ0n) is 18.3. The molecule has 0 atom stereocenters. The van der Waals surface area contributed by atoms with Crippen molar-refractivity contribution in [2.24, 2.45) is 0 Å². The summed E-state index contributed by atoms with van der Waals surface area (Å²) in [5.41, 5.74) is 2.02. The molecule has 1 aliphatic rings. The molecule has 0 spiro atoms. The summed E-state index contributed by atoms with van der Waals surface area (Å²) in [5.74, 6) is 1.36. The molecule has 0 radical (unpaired) electrons.